The zero-order valence-electron chi connectivity index (χ0n) is 17.4. The van der Waals surface area contributed by atoms with Crippen LogP contribution in [0.15, 0.2) is 15.7 Å². The third kappa shape index (κ3) is 4.55. The predicted octanol–water partition coefficient (Wildman–Crippen LogP) is 1.90. The van der Waals surface area contributed by atoms with E-state index in [2.05, 4.69) is 15.3 Å². The van der Waals surface area contributed by atoms with Crippen LogP contribution in [-0.2, 0) is 6.54 Å². The number of hydrogen-bond acceptors (Lipinski definition) is 5. The summed E-state index contributed by atoms with van der Waals surface area (Å²) in [4.78, 5) is 47.3. The molecule has 2 aliphatic rings. The van der Waals surface area contributed by atoms with E-state index in [1.54, 1.807) is 18.0 Å². The Bertz CT molecular complexity index is 1040. The largest absolute Gasteiger partial charge is 0.337 e. The molecule has 0 aromatic carbocycles. The van der Waals surface area contributed by atoms with Gasteiger partial charge in [-0.3, -0.25) is 19.1 Å². The van der Waals surface area contributed by atoms with E-state index in [9.17, 15) is 14.4 Å². The van der Waals surface area contributed by atoms with Crippen molar-refractivity contribution >= 4 is 41.8 Å². The molecular formula is C20H29Cl2N5O3. The van der Waals surface area contributed by atoms with E-state index in [0.29, 0.717) is 23.7 Å². The van der Waals surface area contributed by atoms with Crippen molar-refractivity contribution in [1.29, 1.82) is 0 Å². The third-order valence-corrected chi connectivity index (χ3v) is 5.64. The summed E-state index contributed by atoms with van der Waals surface area (Å²) >= 11 is 0. The Morgan fingerprint density at radius 3 is 2.53 bits per heavy atom. The summed E-state index contributed by atoms with van der Waals surface area (Å²) < 4.78 is 1.50. The van der Waals surface area contributed by atoms with Crippen molar-refractivity contribution in [2.24, 2.45) is 5.92 Å². The molecule has 166 valence electrons. The van der Waals surface area contributed by atoms with E-state index in [4.69, 9.17) is 0 Å². The predicted molar refractivity (Wildman–Crippen MR) is 121 cm³/mol. The maximum Gasteiger partial charge on any atom is 0.330 e. The average molecular weight is 458 g/mol. The number of carbonyl (C=O) groups is 1. The van der Waals surface area contributed by atoms with Gasteiger partial charge in [0.05, 0.1) is 10.9 Å². The minimum atomic E-state index is -0.545. The minimum Gasteiger partial charge on any atom is -0.337 e. The Morgan fingerprint density at radius 2 is 1.97 bits per heavy atom. The van der Waals surface area contributed by atoms with Crippen LogP contribution in [0.25, 0.3) is 11.0 Å². The SMILES string of the molecule is CC(C)Cn1c(=O)[nH]c(=O)c2c(C(=O)N(C)C3CCNC3)cc(C3CC3)nc21.Cl.Cl. The van der Waals surface area contributed by atoms with Crippen molar-refractivity contribution in [3.05, 3.63) is 38.2 Å². The molecule has 1 saturated heterocycles. The fourth-order valence-electron chi connectivity index (χ4n) is 3.91. The van der Waals surface area contributed by atoms with Crippen LogP contribution >= 0.6 is 24.8 Å². The number of fused-ring (bicyclic) bond motifs is 1. The molecule has 1 aliphatic heterocycles. The second-order valence-corrected chi connectivity index (χ2v) is 8.39. The van der Waals surface area contributed by atoms with Crippen molar-refractivity contribution in [3.8, 4) is 0 Å². The standard InChI is InChI=1S/C20H27N5O3.2ClH/c1-11(2)10-25-17-16(18(26)23-20(25)28)14(8-15(22-17)12-4-5-12)19(27)24(3)13-6-7-21-9-13;;/h8,11-13,21H,4-7,9-10H2,1-3H3,(H,23,26,28);2*1H. The summed E-state index contributed by atoms with van der Waals surface area (Å²) in [6.07, 6.45) is 2.92. The van der Waals surface area contributed by atoms with E-state index in [1.165, 1.54) is 4.57 Å². The van der Waals surface area contributed by atoms with Crippen LogP contribution in [0.2, 0.25) is 0 Å². The van der Waals surface area contributed by atoms with Gasteiger partial charge in [-0.15, -0.1) is 24.8 Å². The van der Waals surface area contributed by atoms with Crippen molar-refractivity contribution in [1.82, 2.24) is 24.8 Å². The Kier molecular flexibility index (Phi) is 7.71. The number of nitrogens with zero attached hydrogens (tertiary/aromatic N) is 3. The number of hydrogen-bond donors (Lipinski definition) is 2. The van der Waals surface area contributed by atoms with E-state index >= 15 is 0 Å². The first-order valence-corrected chi connectivity index (χ1v) is 10.0. The number of H-pyrrole nitrogens is 1. The number of carbonyl (C=O) groups excluding carboxylic acids is 1. The fourth-order valence-corrected chi connectivity index (χ4v) is 3.91. The number of aromatic nitrogens is 3. The highest BCUT2D eigenvalue weighted by Gasteiger charge is 2.31. The Labute approximate surface area is 187 Å². The molecule has 2 aromatic rings. The van der Waals surface area contributed by atoms with Crippen LogP contribution in [0.1, 0.15) is 55.1 Å². The number of aromatic amines is 1. The van der Waals surface area contributed by atoms with Crippen LogP contribution < -0.4 is 16.6 Å². The lowest BCUT2D eigenvalue weighted by molar-refractivity contribution is 0.0745. The lowest BCUT2D eigenvalue weighted by atomic mass is 10.1. The van der Waals surface area contributed by atoms with Gasteiger partial charge in [-0.1, -0.05) is 13.8 Å². The smallest absolute Gasteiger partial charge is 0.330 e. The summed E-state index contributed by atoms with van der Waals surface area (Å²) in [6.45, 7) is 6.06. The van der Waals surface area contributed by atoms with Crippen LogP contribution in [0, 0.1) is 5.92 Å². The molecule has 10 heteroatoms. The number of likely N-dealkylation sites (N-methyl/N-ethyl adjacent to an activating group) is 1. The molecule has 0 bridgehead atoms. The molecule has 8 nitrogen and oxygen atoms in total. The number of halogens is 2. The van der Waals surface area contributed by atoms with E-state index in [1.807, 2.05) is 13.8 Å². The van der Waals surface area contributed by atoms with Crippen molar-refractivity contribution in [3.63, 3.8) is 0 Å². The molecule has 1 unspecified atom stereocenters. The second-order valence-electron chi connectivity index (χ2n) is 8.39. The van der Waals surface area contributed by atoms with Gasteiger partial charge in [0, 0.05) is 37.8 Å². The fraction of sp³-hybridized carbons (Fsp3) is 0.600. The zero-order chi connectivity index (χ0) is 20.0. The summed E-state index contributed by atoms with van der Waals surface area (Å²) in [7, 11) is 1.78. The molecule has 1 amide bonds. The third-order valence-electron chi connectivity index (χ3n) is 5.64. The maximum atomic E-state index is 13.3. The number of nitrogens with one attached hydrogen (secondary N) is 2. The Hall–Kier alpha value is -1.90. The highest BCUT2D eigenvalue weighted by atomic mass is 35.5. The van der Waals surface area contributed by atoms with Gasteiger partial charge in [-0.2, -0.15) is 0 Å². The number of pyridine rings is 1. The highest BCUT2D eigenvalue weighted by Crippen LogP contribution is 2.40. The first-order valence-electron chi connectivity index (χ1n) is 10.0. The van der Waals surface area contributed by atoms with E-state index in [-0.39, 0.29) is 48.1 Å². The van der Waals surface area contributed by atoms with Crippen molar-refractivity contribution in [2.75, 3.05) is 20.1 Å². The maximum absolute atomic E-state index is 13.3. The van der Waals surface area contributed by atoms with Crippen LogP contribution in [0.3, 0.4) is 0 Å². The van der Waals surface area contributed by atoms with Gasteiger partial charge in [0.15, 0.2) is 5.65 Å². The monoisotopic (exact) mass is 457 g/mol. The van der Waals surface area contributed by atoms with Gasteiger partial charge in [-0.05, 0) is 37.8 Å². The molecule has 1 aliphatic carbocycles. The summed E-state index contributed by atoms with van der Waals surface area (Å²) in [5.74, 6) is 0.309. The number of amides is 1. The zero-order valence-corrected chi connectivity index (χ0v) is 19.1. The summed E-state index contributed by atoms with van der Waals surface area (Å²) in [5.41, 5.74) is 0.457. The lowest BCUT2D eigenvalue weighted by Gasteiger charge is -2.24. The lowest BCUT2D eigenvalue weighted by Crippen LogP contribution is -2.40. The molecule has 0 radical (unpaired) electrons. The van der Waals surface area contributed by atoms with Crippen LogP contribution in [-0.4, -0.2) is 51.5 Å². The molecule has 30 heavy (non-hydrogen) atoms. The van der Waals surface area contributed by atoms with Gasteiger partial charge in [0.1, 0.15) is 0 Å². The van der Waals surface area contributed by atoms with Crippen molar-refractivity contribution in [2.45, 2.75) is 51.6 Å². The van der Waals surface area contributed by atoms with Crippen LogP contribution in [0.5, 0.6) is 0 Å². The average Bonchev–Trinajstić information content (AvgIpc) is 3.37. The molecule has 2 N–H and O–H groups in total. The van der Waals surface area contributed by atoms with Crippen molar-refractivity contribution < 1.29 is 4.79 Å². The second kappa shape index (κ2) is 9.49. The normalized spacial score (nSPS) is 18.2. The first-order chi connectivity index (χ1) is 13.4. The topological polar surface area (TPSA) is 100 Å². The molecule has 0 spiro atoms. The van der Waals surface area contributed by atoms with E-state index in [0.717, 1.165) is 38.0 Å². The van der Waals surface area contributed by atoms with Gasteiger partial charge in [-0.25, -0.2) is 9.78 Å². The van der Waals surface area contributed by atoms with Crippen LogP contribution in [0.4, 0.5) is 0 Å². The summed E-state index contributed by atoms with van der Waals surface area (Å²) in [5, 5.41) is 3.48. The highest BCUT2D eigenvalue weighted by molar-refractivity contribution is 6.05. The van der Waals surface area contributed by atoms with Gasteiger partial charge < -0.3 is 10.2 Å². The molecule has 2 aromatic heterocycles. The van der Waals surface area contributed by atoms with Gasteiger partial charge in [0.25, 0.3) is 11.5 Å². The first kappa shape index (κ1) is 24.4. The van der Waals surface area contributed by atoms with E-state index < -0.39 is 11.2 Å². The molecule has 3 heterocycles. The minimum absolute atomic E-state index is 0. The quantitative estimate of drug-likeness (QED) is 0.713. The molecule has 2 fully saturated rings. The Balaban J connectivity index is 0.00000160. The molecule has 1 saturated carbocycles. The van der Waals surface area contributed by atoms with Gasteiger partial charge >= 0.3 is 5.69 Å². The molecular weight excluding hydrogens is 429 g/mol. The summed E-state index contributed by atoms with van der Waals surface area (Å²) in [6, 6.07) is 1.86. The molecule has 1 atom stereocenters. The Morgan fingerprint density at radius 1 is 1.27 bits per heavy atom. The number of rotatable bonds is 5. The van der Waals surface area contributed by atoms with Gasteiger partial charge in [0.2, 0.25) is 0 Å². The molecule has 4 rings (SSSR count).